The van der Waals surface area contributed by atoms with Crippen molar-refractivity contribution in [1.29, 1.82) is 0 Å². The lowest BCUT2D eigenvalue weighted by molar-refractivity contribution is -0.130. The van der Waals surface area contributed by atoms with E-state index in [-0.39, 0.29) is 27.3 Å². The largest absolute Gasteiger partial charge is 0.367 e. The van der Waals surface area contributed by atoms with Gasteiger partial charge >= 0.3 is 5.97 Å². The zero-order valence-corrected chi connectivity index (χ0v) is 21.0. The topological polar surface area (TPSA) is 67.8 Å². The molecule has 0 spiro atoms. The van der Waals surface area contributed by atoms with E-state index in [1.165, 1.54) is 17.7 Å². The highest BCUT2D eigenvalue weighted by molar-refractivity contribution is 6.36. The molecule has 0 aromatic heterocycles. The zero-order chi connectivity index (χ0) is 24.2. The van der Waals surface area contributed by atoms with Gasteiger partial charge in [-0.3, -0.25) is 4.79 Å². The zero-order valence-electron chi connectivity index (χ0n) is 19.5. The summed E-state index contributed by atoms with van der Waals surface area (Å²) in [4.78, 5) is 31.5. The number of hydrogen-bond acceptors (Lipinski definition) is 4. The molecule has 2 aliphatic carbocycles. The van der Waals surface area contributed by atoms with Crippen molar-refractivity contribution in [1.82, 2.24) is 0 Å². The summed E-state index contributed by atoms with van der Waals surface area (Å²) in [5.74, 6) is -0.668. The number of anilines is 1. The number of nitrogens with one attached hydrogen (secondary N) is 1. The summed E-state index contributed by atoms with van der Waals surface area (Å²) in [5, 5.41) is 8.04. The molecule has 5 nitrogen and oxygen atoms in total. The molecule has 2 aliphatic rings. The van der Waals surface area contributed by atoms with Gasteiger partial charge in [0.1, 0.15) is 0 Å². The van der Waals surface area contributed by atoms with Gasteiger partial charge in [0.05, 0.1) is 21.7 Å². The van der Waals surface area contributed by atoms with E-state index in [1.54, 1.807) is 6.07 Å². The molecule has 2 aromatic rings. The van der Waals surface area contributed by atoms with Gasteiger partial charge in [-0.1, -0.05) is 55.2 Å². The summed E-state index contributed by atoms with van der Waals surface area (Å²) in [6.07, 6.45) is 1.98. The summed E-state index contributed by atoms with van der Waals surface area (Å²) < 4.78 is 0. The maximum absolute atomic E-state index is 13.6. The molecule has 0 aliphatic heterocycles. The van der Waals surface area contributed by atoms with Gasteiger partial charge in [0.25, 0.3) is 0 Å². The van der Waals surface area contributed by atoms with Crippen molar-refractivity contribution in [3.8, 4) is 0 Å². The number of carbonyl (C=O) groups excluding carboxylic acids is 2. The average molecular weight is 487 g/mol. The first-order valence-electron chi connectivity index (χ1n) is 11.0. The standard InChI is InChI=1S/C26H28Cl2N2O3/c1-15-6-8-18(12-16(15)2)29-23(32)26-11-10-25(5,24(26,3)4)21(14-26)30-33-22(31)19-9-7-17(27)13-20(19)28/h6-9,12-13H,10-11,14H2,1-5H3,(H,29,32)/b30-21-. The third-order valence-corrected chi connectivity index (χ3v) is 8.87. The van der Waals surface area contributed by atoms with Crippen LogP contribution in [0.25, 0.3) is 0 Å². The minimum Gasteiger partial charge on any atom is -0.326 e. The number of benzene rings is 2. The molecule has 174 valence electrons. The molecule has 4 rings (SSSR count). The van der Waals surface area contributed by atoms with Crippen LogP contribution in [0.3, 0.4) is 0 Å². The summed E-state index contributed by atoms with van der Waals surface area (Å²) in [7, 11) is 0. The average Bonchev–Trinajstić information content (AvgIpc) is 3.05. The van der Waals surface area contributed by atoms with E-state index in [2.05, 4.69) is 31.2 Å². The quantitative estimate of drug-likeness (QED) is 0.374. The SMILES string of the molecule is Cc1ccc(NC(=O)C23CCC(C)(/C(=N\OC(=O)c4ccc(Cl)cc4Cl)C2)C3(C)C)cc1C. The molecule has 0 saturated heterocycles. The highest BCUT2D eigenvalue weighted by Gasteiger charge is 2.71. The van der Waals surface area contributed by atoms with Crippen molar-refractivity contribution in [2.45, 2.75) is 53.9 Å². The molecule has 1 N–H and O–H groups in total. The Hall–Kier alpha value is -2.37. The van der Waals surface area contributed by atoms with Crippen LogP contribution in [0.5, 0.6) is 0 Å². The molecule has 7 heteroatoms. The van der Waals surface area contributed by atoms with Crippen molar-refractivity contribution < 1.29 is 14.4 Å². The fraction of sp³-hybridized carbons (Fsp3) is 0.423. The lowest BCUT2D eigenvalue weighted by atomic mass is 9.64. The van der Waals surface area contributed by atoms with Gasteiger partial charge in [0, 0.05) is 22.5 Å². The number of hydrogen-bond donors (Lipinski definition) is 1. The number of fused-ring (bicyclic) bond motifs is 2. The fourth-order valence-corrected chi connectivity index (χ4v) is 5.88. The molecule has 0 heterocycles. The van der Waals surface area contributed by atoms with Gasteiger partial charge in [0.2, 0.25) is 5.91 Å². The minimum atomic E-state index is -0.651. The van der Waals surface area contributed by atoms with Crippen molar-refractivity contribution in [3.05, 3.63) is 63.1 Å². The van der Waals surface area contributed by atoms with Gasteiger partial charge in [0.15, 0.2) is 0 Å². The fourth-order valence-electron chi connectivity index (χ4n) is 5.39. The number of rotatable bonds is 4. The number of halogens is 2. The van der Waals surface area contributed by atoms with Crippen LogP contribution in [0, 0.1) is 30.1 Å². The number of amides is 1. The Balaban J connectivity index is 1.59. The maximum Gasteiger partial charge on any atom is 0.367 e. The second-order valence-electron chi connectivity index (χ2n) is 10.0. The van der Waals surface area contributed by atoms with Gasteiger partial charge in [-0.2, -0.15) is 0 Å². The predicted molar refractivity (Wildman–Crippen MR) is 132 cm³/mol. The van der Waals surface area contributed by atoms with E-state index < -0.39 is 11.4 Å². The van der Waals surface area contributed by atoms with Crippen LogP contribution in [0.1, 0.15) is 61.5 Å². The molecule has 2 atom stereocenters. The van der Waals surface area contributed by atoms with Crippen molar-refractivity contribution >= 4 is 46.5 Å². The van der Waals surface area contributed by atoms with E-state index in [4.69, 9.17) is 28.0 Å². The first-order chi connectivity index (χ1) is 15.4. The van der Waals surface area contributed by atoms with Crippen LogP contribution < -0.4 is 5.32 Å². The Kier molecular flexibility index (Phi) is 5.86. The summed E-state index contributed by atoms with van der Waals surface area (Å²) in [6.45, 7) is 10.4. The minimum absolute atomic E-state index is 0.0169. The Morgan fingerprint density at radius 1 is 1.00 bits per heavy atom. The van der Waals surface area contributed by atoms with Crippen LogP contribution >= 0.6 is 23.2 Å². The van der Waals surface area contributed by atoms with E-state index in [0.29, 0.717) is 11.4 Å². The lowest BCUT2D eigenvalue weighted by Gasteiger charge is -2.39. The predicted octanol–water partition coefficient (Wildman–Crippen LogP) is 6.98. The molecule has 2 saturated carbocycles. The summed E-state index contributed by atoms with van der Waals surface area (Å²) >= 11 is 12.0. The molecule has 2 unspecified atom stereocenters. The Morgan fingerprint density at radius 2 is 1.73 bits per heavy atom. The van der Waals surface area contributed by atoms with Gasteiger partial charge < -0.3 is 10.2 Å². The van der Waals surface area contributed by atoms with Crippen molar-refractivity contribution in [2.75, 3.05) is 5.32 Å². The number of nitrogens with zero attached hydrogens (tertiary/aromatic N) is 1. The van der Waals surface area contributed by atoms with Crippen LogP contribution in [0.15, 0.2) is 41.6 Å². The highest BCUT2D eigenvalue weighted by atomic mass is 35.5. The molecule has 33 heavy (non-hydrogen) atoms. The first kappa shape index (κ1) is 23.8. The van der Waals surface area contributed by atoms with Crippen molar-refractivity contribution in [3.63, 3.8) is 0 Å². The third kappa shape index (κ3) is 3.66. The number of aryl methyl sites for hydroxylation is 2. The molecule has 2 bridgehead atoms. The second-order valence-corrected chi connectivity index (χ2v) is 10.9. The van der Waals surface area contributed by atoms with Crippen LogP contribution in [0.4, 0.5) is 5.69 Å². The smallest absolute Gasteiger partial charge is 0.326 e. The number of oxime groups is 1. The first-order valence-corrected chi connectivity index (χ1v) is 11.8. The van der Waals surface area contributed by atoms with E-state index in [1.807, 2.05) is 32.0 Å². The van der Waals surface area contributed by atoms with E-state index in [9.17, 15) is 9.59 Å². The third-order valence-electron chi connectivity index (χ3n) is 8.32. The van der Waals surface area contributed by atoms with Crippen LogP contribution in [-0.2, 0) is 9.63 Å². The maximum atomic E-state index is 13.6. The van der Waals surface area contributed by atoms with E-state index in [0.717, 1.165) is 29.8 Å². The molecule has 0 radical (unpaired) electrons. The second kappa shape index (κ2) is 8.14. The highest BCUT2D eigenvalue weighted by Crippen LogP contribution is 2.71. The van der Waals surface area contributed by atoms with Gasteiger partial charge in [-0.25, -0.2) is 4.79 Å². The number of carbonyl (C=O) groups is 2. The monoisotopic (exact) mass is 486 g/mol. The molecule has 2 fully saturated rings. The van der Waals surface area contributed by atoms with Crippen LogP contribution in [-0.4, -0.2) is 17.6 Å². The van der Waals surface area contributed by atoms with Gasteiger partial charge in [-0.05, 0) is 73.6 Å². The van der Waals surface area contributed by atoms with Crippen molar-refractivity contribution in [2.24, 2.45) is 21.4 Å². The molecule has 1 amide bonds. The molecular weight excluding hydrogens is 459 g/mol. The summed E-state index contributed by atoms with van der Waals surface area (Å²) in [5.41, 5.74) is 2.65. The summed E-state index contributed by atoms with van der Waals surface area (Å²) in [6, 6.07) is 10.5. The van der Waals surface area contributed by atoms with Gasteiger partial charge in [-0.15, -0.1) is 0 Å². The van der Waals surface area contributed by atoms with Crippen LogP contribution in [0.2, 0.25) is 10.0 Å². The Bertz CT molecular complexity index is 1190. The molecule has 2 aromatic carbocycles. The van der Waals surface area contributed by atoms with E-state index >= 15 is 0 Å². The Morgan fingerprint density at radius 3 is 2.39 bits per heavy atom. The lowest BCUT2D eigenvalue weighted by Crippen LogP contribution is -2.43. The normalized spacial score (nSPS) is 26.5. The Labute approximate surface area is 204 Å². The molecular formula is C26H28Cl2N2O3.